The third kappa shape index (κ3) is 4.12. The Labute approximate surface area is 104 Å². The Bertz CT molecular complexity index is 493. The molecule has 0 radical (unpaired) electrons. The van der Waals surface area contributed by atoms with Crippen LogP contribution in [-0.4, -0.2) is 25.3 Å². The number of hydrogen-bond donors (Lipinski definition) is 2. The number of guanidine groups is 1. The first-order valence-electron chi connectivity index (χ1n) is 5.01. The lowest BCUT2D eigenvalue weighted by atomic mass is 10.2. The van der Waals surface area contributed by atoms with Crippen LogP contribution in [-0.2, 0) is 4.79 Å². The minimum atomic E-state index is -0.421. The van der Waals surface area contributed by atoms with E-state index in [1.807, 2.05) is 0 Å². The van der Waals surface area contributed by atoms with Gasteiger partial charge in [-0.05, 0) is 23.8 Å². The average molecular weight is 250 g/mol. The van der Waals surface area contributed by atoms with Gasteiger partial charge in [0.15, 0.2) is 11.5 Å². The molecule has 0 aliphatic heterocycles. The summed E-state index contributed by atoms with van der Waals surface area (Å²) in [5, 5.41) is 7.12. The zero-order valence-electron chi connectivity index (χ0n) is 10.1. The van der Waals surface area contributed by atoms with Crippen molar-refractivity contribution in [2.24, 2.45) is 21.7 Å². The minimum absolute atomic E-state index is 0.130. The second kappa shape index (κ2) is 6.24. The quantitative estimate of drug-likeness (QED) is 0.261. The highest BCUT2D eigenvalue weighted by Crippen LogP contribution is 2.27. The third-order valence-electron chi connectivity index (χ3n) is 1.82. The summed E-state index contributed by atoms with van der Waals surface area (Å²) < 4.78 is 10.0. The second-order valence-corrected chi connectivity index (χ2v) is 3.27. The first-order chi connectivity index (χ1) is 8.52. The third-order valence-corrected chi connectivity index (χ3v) is 1.82. The molecule has 0 aliphatic carbocycles. The molecule has 1 aromatic carbocycles. The molecule has 0 fully saturated rings. The monoisotopic (exact) mass is 250 g/mol. The molecule has 96 valence electrons. The van der Waals surface area contributed by atoms with Crippen LogP contribution in [0, 0.1) is 0 Å². The number of nitrogens with two attached hydrogens (primary N) is 2. The van der Waals surface area contributed by atoms with Gasteiger partial charge in [0.05, 0.1) is 13.3 Å². The van der Waals surface area contributed by atoms with Crippen LogP contribution < -0.4 is 20.9 Å². The van der Waals surface area contributed by atoms with Gasteiger partial charge in [0.2, 0.25) is 5.96 Å². The Hall–Kier alpha value is -2.57. The number of carbonyl (C=O) groups is 1. The van der Waals surface area contributed by atoms with Crippen LogP contribution in [0.3, 0.4) is 0 Å². The molecule has 0 amide bonds. The maximum Gasteiger partial charge on any atom is 0.308 e. The SMILES string of the molecule is COc1cc(C=NN=C(N)N)ccc1OC(C)=O. The molecule has 1 rings (SSSR count). The maximum absolute atomic E-state index is 10.9. The van der Waals surface area contributed by atoms with Crippen LogP contribution >= 0.6 is 0 Å². The molecule has 0 bridgehead atoms. The molecular formula is C11H14N4O3. The largest absolute Gasteiger partial charge is 0.493 e. The molecule has 18 heavy (non-hydrogen) atoms. The highest BCUT2D eigenvalue weighted by molar-refractivity contribution is 5.83. The van der Waals surface area contributed by atoms with E-state index in [2.05, 4.69) is 10.2 Å². The van der Waals surface area contributed by atoms with Gasteiger partial charge < -0.3 is 20.9 Å². The summed E-state index contributed by atoms with van der Waals surface area (Å²) in [6.07, 6.45) is 1.44. The Morgan fingerprint density at radius 1 is 1.33 bits per heavy atom. The van der Waals surface area contributed by atoms with Gasteiger partial charge in [0.1, 0.15) is 0 Å². The number of rotatable bonds is 4. The first-order valence-corrected chi connectivity index (χ1v) is 5.01. The summed E-state index contributed by atoms with van der Waals surface area (Å²) in [6.45, 7) is 1.31. The lowest BCUT2D eigenvalue weighted by Crippen LogP contribution is -2.21. The van der Waals surface area contributed by atoms with Gasteiger partial charge in [-0.15, -0.1) is 5.10 Å². The van der Waals surface area contributed by atoms with Crippen LogP contribution in [0.1, 0.15) is 12.5 Å². The Morgan fingerprint density at radius 2 is 2.06 bits per heavy atom. The minimum Gasteiger partial charge on any atom is -0.493 e. The van der Waals surface area contributed by atoms with Gasteiger partial charge in [-0.25, -0.2) is 0 Å². The highest BCUT2D eigenvalue weighted by Gasteiger charge is 2.06. The lowest BCUT2D eigenvalue weighted by Gasteiger charge is -2.07. The van der Waals surface area contributed by atoms with Crippen molar-refractivity contribution in [2.45, 2.75) is 6.92 Å². The van der Waals surface area contributed by atoms with E-state index >= 15 is 0 Å². The topological polar surface area (TPSA) is 112 Å². The van der Waals surface area contributed by atoms with Gasteiger partial charge in [0.25, 0.3) is 0 Å². The molecule has 1 aromatic rings. The van der Waals surface area contributed by atoms with Crippen LogP contribution in [0.25, 0.3) is 0 Å². The smallest absolute Gasteiger partial charge is 0.308 e. The van der Waals surface area contributed by atoms with E-state index in [0.29, 0.717) is 17.1 Å². The van der Waals surface area contributed by atoms with Gasteiger partial charge >= 0.3 is 5.97 Å². The number of hydrogen-bond acceptors (Lipinski definition) is 5. The fourth-order valence-electron chi connectivity index (χ4n) is 1.17. The predicted octanol–water partition coefficient (Wildman–Crippen LogP) is 0.228. The molecule has 0 saturated carbocycles. The normalized spacial score (nSPS) is 10.1. The van der Waals surface area contributed by atoms with Gasteiger partial charge in [-0.2, -0.15) is 5.10 Å². The zero-order chi connectivity index (χ0) is 13.5. The molecule has 0 atom stereocenters. The van der Waals surface area contributed by atoms with Crippen LogP contribution in [0.5, 0.6) is 11.5 Å². The van der Waals surface area contributed by atoms with Crippen molar-refractivity contribution in [1.29, 1.82) is 0 Å². The van der Waals surface area contributed by atoms with E-state index in [0.717, 1.165) is 0 Å². The zero-order valence-corrected chi connectivity index (χ0v) is 10.1. The Balaban J connectivity index is 2.94. The van der Waals surface area contributed by atoms with E-state index in [1.54, 1.807) is 18.2 Å². The van der Waals surface area contributed by atoms with Gasteiger partial charge in [-0.1, -0.05) is 0 Å². The Morgan fingerprint density at radius 3 is 2.61 bits per heavy atom. The summed E-state index contributed by atoms with van der Waals surface area (Å²) in [5.41, 5.74) is 10.9. The molecule has 0 unspecified atom stereocenters. The average Bonchev–Trinajstić information content (AvgIpc) is 2.29. The molecule has 0 aromatic heterocycles. The second-order valence-electron chi connectivity index (χ2n) is 3.27. The van der Waals surface area contributed by atoms with Crippen molar-refractivity contribution in [2.75, 3.05) is 7.11 Å². The molecule has 0 aliphatic rings. The first kappa shape index (κ1) is 13.5. The highest BCUT2D eigenvalue weighted by atomic mass is 16.6. The molecule has 0 spiro atoms. The number of benzene rings is 1. The summed E-state index contributed by atoms with van der Waals surface area (Å²) in [4.78, 5) is 10.9. The van der Waals surface area contributed by atoms with Crippen molar-refractivity contribution >= 4 is 18.1 Å². The molecular weight excluding hydrogens is 236 g/mol. The summed E-state index contributed by atoms with van der Waals surface area (Å²) >= 11 is 0. The molecule has 4 N–H and O–H groups in total. The van der Waals surface area contributed by atoms with Crippen molar-refractivity contribution in [3.8, 4) is 11.5 Å². The molecule has 7 heteroatoms. The fraction of sp³-hybridized carbons (Fsp3) is 0.182. The van der Waals surface area contributed by atoms with Gasteiger partial charge in [-0.3, -0.25) is 4.79 Å². The van der Waals surface area contributed by atoms with E-state index in [4.69, 9.17) is 20.9 Å². The fourth-order valence-corrected chi connectivity index (χ4v) is 1.17. The van der Waals surface area contributed by atoms with E-state index in [-0.39, 0.29) is 5.96 Å². The maximum atomic E-state index is 10.9. The number of carbonyl (C=O) groups excluding carboxylic acids is 1. The number of ether oxygens (including phenoxy) is 2. The van der Waals surface area contributed by atoms with Crippen LogP contribution in [0.2, 0.25) is 0 Å². The van der Waals surface area contributed by atoms with E-state index in [9.17, 15) is 4.79 Å². The summed E-state index contributed by atoms with van der Waals surface area (Å²) in [5.74, 6) is 0.202. The van der Waals surface area contributed by atoms with E-state index < -0.39 is 5.97 Å². The molecule has 0 saturated heterocycles. The number of esters is 1. The summed E-state index contributed by atoms with van der Waals surface area (Å²) in [7, 11) is 1.47. The summed E-state index contributed by atoms with van der Waals surface area (Å²) in [6, 6.07) is 4.92. The number of methoxy groups -OCH3 is 1. The lowest BCUT2D eigenvalue weighted by molar-refractivity contribution is -0.132. The standard InChI is InChI=1S/C11H14N4O3/c1-7(16)18-9-4-3-8(5-10(9)17-2)6-14-15-11(12)13/h3-6H,1-2H3,(H4,12,13,15). The number of nitrogens with zero attached hydrogens (tertiary/aromatic N) is 2. The Kier molecular flexibility index (Phi) is 4.67. The van der Waals surface area contributed by atoms with E-state index in [1.165, 1.54) is 20.2 Å². The van der Waals surface area contributed by atoms with Crippen molar-refractivity contribution < 1.29 is 14.3 Å². The molecule has 0 heterocycles. The van der Waals surface area contributed by atoms with Crippen LogP contribution in [0.15, 0.2) is 28.4 Å². The predicted molar refractivity (Wildman–Crippen MR) is 67.7 cm³/mol. The molecule has 7 nitrogen and oxygen atoms in total. The van der Waals surface area contributed by atoms with Crippen LogP contribution in [0.4, 0.5) is 0 Å². The van der Waals surface area contributed by atoms with Gasteiger partial charge in [0, 0.05) is 6.92 Å². The van der Waals surface area contributed by atoms with Crippen molar-refractivity contribution in [1.82, 2.24) is 0 Å². The van der Waals surface area contributed by atoms with Crippen molar-refractivity contribution in [3.05, 3.63) is 23.8 Å². The van der Waals surface area contributed by atoms with Crippen molar-refractivity contribution in [3.63, 3.8) is 0 Å².